The van der Waals surface area contributed by atoms with Crippen LogP contribution in [0.25, 0.3) is 21.8 Å². The number of hydrogen-bond donors (Lipinski definition) is 2. The average molecular weight is 618 g/mol. The van der Waals surface area contributed by atoms with Gasteiger partial charge in [0.25, 0.3) is 17.7 Å². The van der Waals surface area contributed by atoms with Crippen molar-refractivity contribution in [2.75, 3.05) is 0 Å². The fraction of sp³-hybridized carbons (Fsp3) is 0.342. The van der Waals surface area contributed by atoms with Crippen molar-refractivity contribution in [3.8, 4) is 0 Å². The molecule has 0 aliphatic carbocycles. The van der Waals surface area contributed by atoms with E-state index in [0.29, 0.717) is 17.9 Å². The number of amides is 3. The number of nitrogens with zero attached hydrogens (tertiary/aromatic N) is 3. The summed E-state index contributed by atoms with van der Waals surface area (Å²) in [5, 5.41) is 2.18. The minimum Gasteiger partial charge on any atom is -0.348 e. The Bertz CT molecular complexity index is 1980. The summed E-state index contributed by atoms with van der Waals surface area (Å²) in [6, 6.07) is 22.6. The van der Waals surface area contributed by atoms with Gasteiger partial charge in [0, 0.05) is 51.4 Å². The molecule has 46 heavy (non-hydrogen) atoms. The minimum atomic E-state index is -0.824. The lowest BCUT2D eigenvalue weighted by atomic mass is 9.91. The molecule has 0 fully saturated rings. The first-order chi connectivity index (χ1) is 22.1. The SMILES string of the molecule is CCC(C)C(C(=O)NNC(=O)Cn1c(C)c(C(C)C)c2ccccc21)N1C(=O)c2ccccc2C1c1c(C)n(C)c2ccccc12. The van der Waals surface area contributed by atoms with E-state index in [9.17, 15) is 14.4 Å². The van der Waals surface area contributed by atoms with Gasteiger partial charge in [-0.05, 0) is 55.0 Å². The molecule has 3 amide bonds. The maximum Gasteiger partial charge on any atom is 0.261 e. The molecule has 6 rings (SSSR count). The highest BCUT2D eigenvalue weighted by molar-refractivity contribution is 6.04. The van der Waals surface area contributed by atoms with Gasteiger partial charge < -0.3 is 14.0 Å². The number of carbonyl (C=O) groups excluding carboxylic acids is 3. The number of para-hydroxylation sites is 2. The normalized spacial score (nSPS) is 15.9. The molecule has 3 unspecified atom stereocenters. The summed E-state index contributed by atoms with van der Waals surface area (Å²) in [5.41, 5.74) is 13.2. The monoisotopic (exact) mass is 617 g/mol. The van der Waals surface area contributed by atoms with E-state index in [2.05, 4.69) is 54.4 Å². The maximum absolute atomic E-state index is 14.2. The number of nitrogens with one attached hydrogen (secondary N) is 2. The van der Waals surface area contributed by atoms with Crippen LogP contribution in [-0.4, -0.2) is 37.8 Å². The van der Waals surface area contributed by atoms with Crippen molar-refractivity contribution >= 4 is 39.5 Å². The van der Waals surface area contributed by atoms with Crippen molar-refractivity contribution in [3.63, 3.8) is 0 Å². The molecule has 2 N–H and O–H groups in total. The Morgan fingerprint density at radius 2 is 1.46 bits per heavy atom. The fourth-order valence-corrected chi connectivity index (χ4v) is 7.47. The molecule has 1 aliphatic rings. The lowest BCUT2D eigenvalue weighted by Crippen LogP contribution is -2.56. The Morgan fingerprint density at radius 1 is 0.826 bits per heavy atom. The maximum atomic E-state index is 14.2. The van der Waals surface area contributed by atoms with E-state index in [4.69, 9.17) is 0 Å². The highest BCUT2D eigenvalue weighted by Crippen LogP contribution is 2.45. The van der Waals surface area contributed by atoms with Crippen LogP contribution >= 0.6 is 0 Å². The summed E-state index contributed by atoms with van der Waals surface area (Å²) in [6.45, 7) is 12.5. The molecule has 238 valence electrons. The van der Waals surface area contributed by atoms with Crippen LogP contribution in [0.3, 0.4) is 0 Å². The standard InChI is InChI=1S/C38H43N5O3/c1-8-23(4)35(37(45)40-39-32(44)21-42-25(6)33(22(2)3)29-18-12-14-20-31(29)42)43-36(26-15-9-10-16-27(26)38(43)46)34-24(5)41(7)30-19-13-11-17-28(30)34/h9-20,22-23,35-36H,8,21H2,1-7H3,(H,39,44)(H,40,45). The Labute approximate surface area is 270 Å². The van der Waals surface area contributed by atoms with Crippen molar-refractivity contribution in [3.05, 3.63) is 106 Å². The molecule has 8 heteroatoms. The first kappa shape index (κ1) is 31.1. The van der Waals surface area contributed by atoms with Crippen LogP contribution < -0.4 is 10.9 Å². The van der Waals surface area contributed by atoms with Crippen LogP contribution in [0.4, 0.5) is 0 Å². The zero-order valence-corrected chi connectivity index (χ0v) is 27.7. The van der Waals surface area contributed by atoms with Crippen LogP contribution in [0.1, 0.15) is 84.5 Å². The van der Waals surface area contributed by atoms with Gasteiger partial charge in [0.1, 0.15) is 12.6 Å². The molecule has 3 heterocycles. The van der Waals surface area contributed by atoms with Gasteiger partial charge in [-0.25, -0.2) is 0 Å². The summed E-state index contributed by atoms with van der Waals surface area (Å²) < 4.78 is 4.14. The molecule has 5 aromatic rings. The van der Waals surface area contributed by atoms with Crippen molar-refractivity contribution < 1.29 is 14.4 Å². The molecular formula is C38H43N5O3. The number of rotatable bonds is 8. The second-order valence-electron chi connectivity index (χ2n) is 12.9. The third-order valence-electron chi connectivity index (χ3n) is 9.96. The van der Waals surface area contributed by atoms with E-state index in [-0.39, 0.29) is 24.3 Å². The molecule has 0 saturated carbocycles. The smallest absolute Gasteiger partial charge is 0.261 e. The van der Waals surface area contributed by atoms with Gasteiger partial charge in [0.2, 0.25) is 0 Å². The molecule has 0 spiro atoms. The number of hydrogen-bond acceptors (Lipinski definition) is 3. The Hall–Kier alpha value is -4.85. The number of hydrazine groups is 1. The predicted molar refractivity (Wildman–Crippen MR) is 182 cm³/mol. The molecular weight excluding hydrogens is 574 g/mol. The van der Waals surface area contributed by atoms with Crippen LogP contribution in [0.5, 0.6) is 0 Å². The van der Waals surface area contributed by atoms with Crippen LogP contribution in [0, 0.1) is 19.8 Å². The Kier molecular flexibility index (Phi) is 8.23. The van der Waals surface area contributed by atoms with E-state index in [1.165, 1.54) is 5.56 Å². The highest BCUT2D eigenvalue weighted by atomic mass is 16.2. The van der Waals surface area contributed by atoms with Crippen molar-refractivity contribution in [2.45, 2.75) is 72.5 Å². The lowest BCUT2D eigenvalue weighted by Gasteiger charge is -2.36. The molecule has 0 saturated heterocycles. The van der Waals surface area contributed by atoms with Gasteiger partial charge in [0.15, 0.2) is 0 Å². The molecule has 3 aromatic carbocycles. The van der Waals surface area contributed by atoms with Crippen LogP contribution in [0.15, 0.2) is 72.8 Å². The average Bonchev–Trinajstić information content (AvgIpc) is 3.60. The van der Waals surface area contributed by atoms with Crippen molar-refractivity contribution in [1.29, 1.82) is 0 Å². The zero-order valence-electron chi connectivity index (χ0n) is 27.7. The number of aromatic nitrogens is 2. The molecule has 3 atom stereocenters. The van der Waals surface area contributed by atoms with Gasteiger partial charge in [-0.1, -0.05) is 88.7 Å². The summed E-state index contributed by atoms with van der Waals surface area (Å²) in [7, 11) is 2.03. The van der Waals surface area contributed by atoms with E-state index >= 15 is 0 Å². The fourth-order valence-electron chi connectivity index (χ4n) is 7.47. The number of aryl methyl sites for hydroxylation is 1. The van der Waals surface area contributed by atoms with E-state index in [0.717, 1.165) is 44.3 Å². The molecule has 1 aliphatic heterocycles. The third kappa shape index (κ3) is 4.96. The second kappa shape index (κ2) is 12.2. The van der Waals surface area contributed by atoms with Gasteiger partial charge in [-0.3, -0.25) is 25.2 Å². The first-order valence-electron chi connectivity index (χ1n) is 16.2. The summed E-state index contributed by atoms with van der Waals surface area (Å²) in [6.07, 6.45) is 0.667. The van der Waals surface area contributed by atoms with E-state index < -0.39 is 18.0 Å². The Balaban J connectivity index is 1.33. The number of carbonyl (C=O) groups is 3. The van der Waals surface area contributed by atoms with Crippen LogP contribution in [-0.2, 0) is 23.2 Å². The first-order valence-corrected chi connectivity index (χ1v) is 16.2. The summed E-state index contributed by atoms with van der Waals surface area (Å²) in [4.78, 5) is 43.5. The highest BCUT2D eigenvalue weighted by Gasteiger charge is 2.47. The predicted octanol–water partition coefficient (Wildman–Crippen LogP) is 6.68. The molecule has 8 nitrogen and oxygen atoms in total. The van der Waals surface area contributed by atoms with Crippen LogP contribution in [0.2, 0.25) is 0 Å². The summed E-state index contributed by atoms with van der Waals surface area (Å²) >= 11 is 0. The number of fused-ring (bicyclic) bond motifs is 3. The van der Waals surface area contributed by atoms with E-state index in [1.54, 1.807) is 4.90 Å². The molecule has 2 aromatic heterocycles. The lowest BCUT2D eigenvalue weighted by molar-refractivity contribution is -0.133. The largest absolute Gasteiger partial charge is 0.348 e. The summed E-state index contributed by atoms with van der Waals surface area (Å²) in [5.74, 6) is -0.824. The quantitative estimate of drug-likeness (QED) is 0.191. The topological polar surface area (TPSA) is 88.4 Å². The minimum absolute atomic E-state index is 0.0548. The zero-order chi connectivity index (χ0) is 32.9. The van der Waals surface area contributed by atoms with Gasteiger partial charge in [0.05, 0.1) is 6.04 Å². The second-order valence-corrected chi connectivity index (χ2v) is 12.9. The van der Waals surface area contributed by atoms with Gasteiger partial charge in [-0.2, -0.15) is 0 Å². The van der Waals surface area contributed by atoms with Crippen molar-refractivity contribution in [2.24, 2.45) is 13.0 Å². The van der Waals surface area contributed by atoms with Gasteiger partial charge in [-0.15, -0.1) is 0 Å². The Morgan fingerprint density at radius 3 is 2.15 bits per heavy atom. The molecule has 0 bridgehead atoms. The van der Waals surface area contributed by atoms with Crippen molar-refractivity contribution in [1.82, 2.24) is 24.9 Å². The van der Waals surface area contributed by atoms with E-state index in [1.807, 2.05) is 87.0 Å². The number of benzene rings is 3. The van der Waals surface area contributed by atoms with Gasteiger partial charge >= 0.3 is 0 Å². The molecule has 0 radical (unpaired) electrons. The third-order valence-corrected chi connectivity index (χ3v) is 9.96.